The first-order valence-electron chi connectivity index (χ1n) is 12.2. The number of hydrogen-bond donors (Lipinski definition) is 1. The lowest BCUT2D eigenvalue weighted by Gasteiger charge is -2.32. The summed E-state index contributed by atoms with van der Waals surface area (Å²) in [6.45, 7) is 3.33. The third-order valence-corrected chi connectivity index (χ3v) is 6.98. The Morgan fingerprint density at radius 3 is 2.65 bits per heavy atom. The molecule has 2 amide bonds. The summed E-state index contributed by atoms with van der Waals surface area (Å²) in [4.78, 5) is 35.5. The second-order valence-electron chi connectivity index (χ2n) is 9.05. The maximum Gasteiger partial charge on any atom is 0.255 e. The smallest absolute Gasteiger partial charge is 0.255 e. The van der Waals surface area contributed by atoms with E-state index in [1.807, 2.05) is 28.0 Å². The van der Waals surface area contributed by atoms with Crippen LogP contribution in [-0.2, 0) is 22.5 Å². The van der Waals surface area contributed by atoms with E-state index in [-0.39, 0.29) is 18.4 Å². The zero-order valence-electron chi connectivity index (χ0n) is 20.9. The molecule has 1 fully saturated rings. The third kappa shape index (κ3) is 5.34. The minimum Gasteiger partial charge on any atom is -0.497 e. The van der Waals surface area contributed by atoms with E-state index in [0.717, 1.165) is 22.2 Å². The Morgan fingerprint density at radius 2 is 1.89 bits per heavy atom. The van der Waals surface area contributed by atoms with Gasteiger partial charge in [0.05, 0.1) is 50.7 Å². The van der Waals surface area contributed by atoms with E-state index in [9.17, 15) is 9.59 Å². The van der Waals surface area contributed by atoms with E-state index >= 15 is 0 Å². The van der Waals surface area contributed by atoms with Gasteiger partial charge in [-0.3, -0.25) is 19.5 Å². The molecule has 2 aliphatic heterocycles. The van der Waals surface area contributed by atoms with Crippen molar-refractivity contribution >= 4 is 40.0 Å². The second-order valence-corrected chi connectivity index (χ2v) is 9.49. The summed E-state index contributed by atoms with van der Waals surface area (Å²) in [5.74, 6) is 0.952. The summed E-state index contributed by atoms with van der Waals surface area (Å²) in [6, 6.07) is 10.7. The first kappa shape index (κ1) is 25.3. The Kier molecular flexibility index (Phi) is 7.45. The van der Waals surface area contributed by atoms with Gasteiger partial charge in [0.25, 0.3) is 5.91 Å². The summed E-state index contributed by atoms with van der Waals surface area (Å²) in [5, 5.41) is 4.15. The number of carbonyl (C=O) groups is 2. The predicted molar refractivity (Wildman–Crippen MR) is 141 cm³/mol. The zero-order chi connectivity index (χ0) is 25.9. The van der Waals surface area contributed by atoms with Gasteiger partial charge in [-0.2, -0.15) is 0 Å². The van der Waals surface area contributed by atoms with E-state index in [1.165, 1.54) is 0 Å². The molecule has 5 rings (SSSR count). The number of carbonyl (C=O) groups excluding carboxylic acids is 2. The van der Waals surface area contributed by atoms with Gasteiger partial charge in [-0.05, 0) is 36.4 Å². The molecule has 2 aliphatic rings. The molecule has 0 aliphatic carbocycles. The molecule has 0 bridgehead atoms. The normalized spacial score (nSPS) is 15.8. The van der Waals surface area contributed by atoms with Crippen LogP contribution in [0.15, 0.2) is 36.4 Å². The van der Waals surface area contributed by atoms with Crippen molar-refractivity contribution in [2.75, 3.05) is 58.9 Å². The van der Waals surface area contributed by atoms with Crippen molar-refractivity contribution in [3.8, 4) is 11.5 Å². The molecule has 10 heteroatoms. The maximum absolute atomic E-state index is 13.8. The Hall–Kier alpha value is -3.40. The van der Waals surface area contributed by atoms with Crippen LogP contribution in [0.25, 0.3) is 10.9 Å². The summed E-state index contributed by atoms with van der Waals surface area (Å²) in [6.07, 6.45) is 0.633. The van der Waals surface area contributed by atoms with Crippen molar-refractivity contribution in [2.24, 2.45) is 0 Å². The number of pyridine rings is 1. The fraction of sp³-hybridized carbons (Fsp3) is 0.370. The number of fused-ring (bicyclic) bond motifs is 2. The quantitative estimate of drug-likeness (QED) is 0.528. The molecule has 1 aromatic heterocycles. The topological polar surface area (TPSA) is 93.2 Å². The number of halogens is 1. The standard InChI is InChI=1S/C27H29ClN4O5/c1-35-18-4-5-21-19(14-18)26(27(34)32-9-11-37-12-10-32)20-15-31(8-7-22(20)29-21)16-25(33)30-23-13-17(28)3-6-24(23)36-2/h3-6,13-14H,7-12,15-16H2,1-2H3,(H,30,33). The highest BCUT2D eigenvalue weighted by Gasteiger charge is 2.30. The Balaban J connectivity index is 1.44. The Labute approximate surface area is 220 Å². The van der Waals surface area contributed by atoms with Crippen LogP contribution < -0.4 is 14.8 Å². The molecule has 3 heterocycles. The molecule has 3 aromatic rings. The number of benzene rings is 2. The van der Waals surface area contributed by atoms with Crippen molar-refractivity contribution in [3.63, 3.8) is 0 Å². The number of morpholine rings is 1. The van der Waals surface area contributed by atoms with Crippen molar-refractivity contribution < 1.29 is 23.8 Å². The fourth-order valence-electron chi connectivity index (χ4n) is 4.88. The summed E-state index contributed by atoms with van der Waals surface area (Å²) >= 11 is 6.11. The number of nitrogens with zero attached hydrogens (tertiary/aromatic N) is 3. The van der Waals surface area contributed by atoms with Crippen LogP contribution in [0.2, 0.25) is 5.02 Å². The number of nitrogens with one attached hydrogen (secondary N) is 1. The van der Waals surface area contributed by atoms with Gasteiger partial charge in [0, 0.05) is 54.3 Å². The number of hydrogen-bond acceptors (Lipinski definition) is 7. The molecule has 194 valence electrons. The Bertz CT molecular complexity index is 1340. The Morgan fingerprint density at radius 1 is 1.08 bits per heavy atom. The van der Waals surface area contributed by atoms with Crippen LogP contribution in [0.4, 0.5) is 5.69 Å². The molecule has 37 heavy (non-hydrogen) atoms. The molecule has 9 nitrogen and oxygen atoms in total. The van der Waals surface area contributed by atoms with Gasteiger partial charge in [-0.25, -0.2) is 0 Å². The number of aromatic nitrogens is 1. The maximum atomic E-state index is 13.8. The average Bonchev–Trinajstić information content (AvgIpc) is 2.91. The van der Waals surface area contributed by atoms with Crippen molar-refractivity contribution in [3.05, 3.63) is 58.2 Å². The van der Waals surface area contributed by atoms with Crippen LogP contribution >= 0.6 is 11.6 Å². The lowest BCUT2D eigenvalue weighted by molar-refractivity contribution is -0.117. The van der Waals surface area contributed by atoms with Crippen molar-refractivity contribution in [1.82, 2.24) is 14.8 Å². The number of rotatable bonds is 6. The monoisotopic (exact) mass is 524 g/mol. The second kappa shape index (κ2) is 10.9. The predicted octanol–water partition coefficient (Wildman–Crippen LogP) is 3.37. The minimum absolute atomic E-state index is 0.0461. The lowest BCUT2D eigenvalue weighted by Crippen LogP contribution is -2.42. The average molecular weight is 525 g/mol. The third-order valence-electron chi connectivity index (χ3n) is 6.74. The molecular weight excluding hydrogens is 496 g/mol. The van der Waals surface area contributed by atoms with Gasteiger partial charge in [0.2, 0.25) is 5.91 Å². The zero-order valence-corrected chi connectivity index (χ0v) is 21.6. The molecule has 1 N–H and O–H groups in total. The van der Waals surface area contributed by atoms with Crippen LogP contribution in [0.5, 0.6) is 11.5 Å². The molecule has 0 saturated carbocycles. The molecule has 2 aromatic carbocycles. The number of amides is 2. The molecule has 0 atom stereocenters. The van der Waals surface area contributed by atoms with Crippen molar-refractivity contribution in [2.45, 2.75) is 13.0 Å². The van der Waals surface area contributed by atoms with Gasteiger partial charge < -0.3 is 24.4 Å². The highest BCUT2D eigenvalue weighted by molar-refractivity contribution is 6.31. The van der Waals surface area contributed by atoms with Gasteiger partial charge >= 0.3 is 0 Å². The van der Waals surface area contributed by atoms with Crippen LogP contribution in [-0.4, -0.2) is 80.2 Å². The SMILES string of the molecule is COc1ccc2nc3c(c(C(=O)N4CCOCC4)c2c1)CN(CC(=O)Nc1cc(Cl)ccc1OC)CC3. The van der Waals surface area contributed by atoms with E-state index in [2.05, 4.69) is 5.32 Å². The molecule has 0 unspecified atom stereocenters. The summed E-state index contributed by atoms with van der Waals surface area (Å²) in [7, 11) is 3.14. The van der Waals surface area contributed by atoms with Gasteiger partial charge in [0.15, 0.2) is 0 Å². The van der Waals surface area contributed by atoms with Crippen LogP contribution in [0, 0.1) is 0 Å². The largest absolute Gasteiger partial charge is 0.497 e. The van der Waals surface area contributed by atoms with Crippen LogP contribution in [0.3, 0.4) is 0 Å². The highest BCUT2D eigenvalue weighted by atomic mass is 35.5. The fourth-order valence-corrected chi connectivity index (χ4v) is 5.05. The van der Waals surface area contributed by atoms with Crippen molar-refractivity contribution in [1.29, 1.82) is 0 Å². The molecule has 0 spiro atoms. The van der Waals surface area contributed by atoms with E-state index in [4.69, 9.17) is 30.8 Å². The minimum atomic E-state index is -0.194. The van der Waals surface area contributed by atoms with Crippen LogP contribution in [0.1, 0.15) is 21.6 Å². The van der Waals surface area contributed by atoms with E-state index in [0.29, 0.717) is 73.6 Å². The lowest BCUT2D eigenvalue weighted by atomic mass is 9.94. The highest BCUT2D eigenvalue weighted by Crippen LogP contribution is 2.32. The molecule has 1 saturated heterocycles. The van der Waals surface area contributed by atoms with E-state index < -0.39 is 0 Å². The molecule has 0 radical (unpaired) electrons. The van der Waals surface area contributed by atoms with Gasteiger partial charge in [-0.1, -0.05) is 11.6 Å². The van der Waals surface area contributed by atoms with Gasteiger partial charge in [-0.15, -0.1) is 0 Å². The molecular formula is C27H29ClN4O5. The number of methoxy groups -OCH3 is 2. The van der Waals surface area contributed by atoms with Gasteiger partial charge in [0.1, 0.15) is 11.5 Å². The van der Waals surface area contributed by atoms with E-state index in [1.54, 1.807) is 32.4 Å². The summed E-state index contributed by atoms with van der Waals surface area (Å²) in [5.41, 5.74) is 3.65. The first-order valence-corrected chi connectivity index (χ1v) is 12.6. The summed E-state index contributed by atoms with van der Waals surface area (Å²) < 4.78 is 16.2. The first-order chi connectivity index (χ1) is 18.0. The number of anilines is 1. The number of ether oxygens (including phenoxy) is 3.